The third-order valence-electron chi connectivity index (χ3n) is 4.82. The van der Waals surface area contributed by atoms with Gasteiger partial charge in [0.2, 0.25) is 0 Å². The molecule has 1 heterocycles. The Morgan fingerprint density at radius 3 is 2.73 bits per heavy atom. The highest BCUT2D eigenvalue weighted by molar-refractivity contribution is 5.77. The van der Waals surface area contributed by atoms with E-state index < -0.39 is 0 Å². The summed E-state index contributed by atoms with van der Waals surface area (Å²) in [5, 5.41) is 0. The van der Waals surface area contributed by atoms with Gasteiger partial charge in [-0.15, -0.1) is 0 Å². The number of ether oxygens (including phenoxy) is 1. The lowest BCUT2D eigenvalue weighted by Gasteiger charge is -2.12. The van der Waals surface area contributed by atoms with Gasteiger partial charge >= 0.3 is 5.97 Å². The maximum Gasteiger partial charge on any atom is 0.311 e. The van der Waals surface area contributed by atoms with Crippen LogP contribution in [-0.2, 0) is 11.2 Å². The summed E-state index contributed by atoms with van der Waals surface area (Å²) in [6.07, 6.45) is 8.94. The van der Waals surface area contributed by atoms with E-state index in [0.717, 1.165) is 30.5 Å². The van der Waals surface area contributed by atoms with Crippen LogP contribution >= 0.6 is 0 Å². The number of aryl methyl sites for hydroxylation is 1. The summed E-state index contributed by atoms with van der Waals surface area (Å²) in [6, 6.07) is 11.8. The number of hydrogen-bond acceptors (Lipinski definition) is 3. The third-order valence-corrected chi connectivity index (χ3v) is 4.82. The van der Waals surface area contributed by atoms with Crippen molar-refractivity contribution in [1.82, 2.24) is 4.98 Å². The first-order chi connectivity index (χ1) is 12.6. The number of carbonyl (C=O) groups excluding carboxylic acids is 1. The number of rotatable bonds is 10. The number of aromatic nitrogens is 1. The minimum absolute atomic E-state index is 0.170. The van der Waals surface area contributed by atoms with Crippen LogP contribution in [0.15, 0.2) is 42.6 Å². The highest BCUT2D eigenvalue weighted by Crippen LogP contribution is 2.29. The second-order valence-electron chi connectivity index (χ2n) is 7.03. The van der Waals surface area contributed by atoms with E-state index in [1.807, 2.05) is 30.5 Å². The molecule has 0 bridgehead atoms. The first kappa shape index (κ1) is 20.2. The molecule has 0 aliphatic heterocycles. The minimum Gasteiger partial charge on any atom is -0.426 e. The largest absolute Gasteiger partial charge is 0.426 e. The summed E-state index contributed by atoms with van der Waals surface area (Å²) >= 11 is 0. The Kier molecular flexibility index (Phi) is 8.33. The molecule has 0 aliphatic carbocycles. The van der Waals surface area contributed by atoms with Crippen molar-refractivity contribution < 1.29 is 9.53 Å². The van der Waals surface area contributed by atoms with Crippen LogP contribution in [0.1, 0.15) is 64.9 Å². The van der Waals surface area contributed by atoms with Crippen molar-refractivity contribution in [2.45, 2.75) is 65.7 Å². The Hall–Kier alpha value is -2.16. The normalized spacial score (nSPS) is 12.0. The first-order valence-electron chi connectivity index (χ1n) is 9.89. The van der Waals surface area contributed by atoms with Gasteiger partial charge in [-0.3, -0.25) is 9.78 Å². The molecule has 0 aliphatic rings. The number of para-hydroxylation sites is 1. The van der Waals surface area contributed by atoms with Gasteiger partial charge < -0.3 is 4.74 Å². The fourth-order valence-corrected chi connectivity index (χ4v) is 2.87. The molecule has 1 unspecified atom stereocenters. The fourth-order valence-electron chi connectivity index (χ4n) is 2.87. The van der Waals surface area contributed by atoms with Crippen LogP contribution in [0.4, 0.5) is 0 Å². The zero-order valence-corrected chi connectivity index (χ0v) is 16.3. The lowest BCUT2D eigenvalue weighted by Crippen LogP contribution is -2.10. The Labute approximate surface area is 157 Å². The summed E-state index contributed by atoms with van der Waals surface area (Å²) in [6.45, 7) is 6.52. The average molecular weight is 354 g/mol. The van der Waals surface area contributed by atoms with Crippen LogP contribution in [0.5, 0.6) is 5.75 Å². The highest BCUT2D eigenvalue weighted by Gasteiger charge is 2.13. The number of pyridine rings is 1. The molecule has 0 N–H and O–H groups in total. The molecule has 1 aromatic carbocycles. The van der Waals surface area contributed by atoms with E-state index in [0.29, 0.717) is 18.1 Å². The second kappa shape index (κ2) is 10.7. The van der Waals surface area contributed by atoms with Gasteiger partial charge in [-0.2, -0.15) is 0 Å². The molecule has 1 aromatic heterocycles. The monoisotopic (exact) mass is 353 g/mol. The second-order valence-corrected chi connectivity index (χ2v) is 7.03. The first-order valence-corrected chi connectivity index (χ1v) is 9.89. The summed E-state index contributed by atoms with van der Waals surface area (Å²) in [5.41, 5.74) is 3.02. The number of benzene rings is 1. The van der Waals surface area contributed by atoms with E-state index >= 15 is 0 Å². The highest BCUT2D eigenvalue weighted by atomic mass is 16.5. The standard InChI is InChI=1S/C23H31NO2/c1-4-6-7-10-19-15-16-24-21(17-19)20-11-8-9-12-22(20)26-23(25)14-13-18(3)5-2/h8-9,11-12,15-18H,4-7,10,13-14H2,1-3H3. The van der Waals surface area contributed by atoms with Crippen molar-refractivity contribution >= 4 is 5.97 Å². The molecule has 1 atom stereocenters. The predicted octanol–water partition coefficient (Wildman–Crippen LogP) is 6.21. The molecule has 3 nitrogen and oxygen atoms in total. The number of unbranched alkanes of at least 4 members (excludes halogenated alkanes) is 2. The van der Waals surface area contributed by atoms with Gasteiger partial charge in [-0.25, -0.2) is 0 Å². The molecule has 140 valence electrons. The van der Waals surface area contributed by atoms with Gasteiger partial charge in [0.05, 0.1) is 5.69 Å². The lowest BCUT2D eigenvalue weighted by atomic mass is 10.0. The van der Waals surface area contributed by atoms with E-state index in [9.17, 15) is 4.79 Å². The zero-order chi connectivity index (χ0) is 18.8. The lowest BCUT2D eigenvalue weighted by molar-refractivity contribution is -0.134. The number of hydrogen-bond donors (Lipinski definition) is 0. The van der Waals surface area contributed by atoms with Crippen molar-refractivity contribution in [3.63, 3.8) is 0 Å². The molecule has 0 radical (unpaired) electrons. The molecule has 26 heavy (non-hydrogen) atoms. The number of esters is 1. The Bertz CT molecular complexity index is 696. The van der Waals surface area contributed by atoms with Crippen LogP contribution in [0.2, 0.25) is 0 Å². The van der Waals surface area contributed by atoms with Gasteiger partial charge in [0.1, 0.15) is 5.75 Å². The molecular weight excluding hydrogens is 322 g/mol. The molecule has 0 saturated heterocycles. The fraction of sp³-hybridized carbons (Fsp3) is 0.478. The van der Waals surface area contributed by atoms with Gasteiger partial charge in [0.25, 0.3) is 0 Å². The van der Waals surface area contributed by atoms with Crippen molar-refractivity contribution in [3.8, 4) is 17.0 Å². The van der Waals surface area contributed by atoms with Crippen LogP contribution < -0.4 is 4.74 Å². The Morgan fingerprint density at radius 2 is 1.96 bits per heavy atom. The van der Waals surface area contributed by atoms with Gasteiger partial charge in [-0.05, 0) is 55.0 Å². The summed E-state index contributed by atoms with van der Waals surface area (Å²) < 4.78 is 5.65. The summed E-state index contributed by atoms with van der Waals surface area (Å²) in [7, 11) is 0. The minimum atomic E-state index is -0.170. The smallest absolute Gasteiger partial charge is 0.311 e. The maximum absolute atomic E-state index is 12.2. The third kappa shape index (κ3) is 6.29. The van der Waals surface area contributed by atoms with E-state index in [4.69, 9.17) is 4.74 Å². The maximum atomic E-state index is 12.2. The van der Waals surface area contributed by atoms with Crippen LogP contribution in [0.3, 0.4) is 0 Å². The van der Waals surface area contributed by atoms with E-state index in [1.54, 1.807) is 0 Å². The van der Waals surface area contributed by atoms with Crippen LogP contribution in [0.25, 0.3) is 11.3 Å². The zero-order valence-electron chi connectivity index (χ0n) is 16.3. The topological polar surface area (TPSA) is 39.2 Å². The number of nitrogens with zero attached hydrogens (tertiary/aromatic N) is 1. The molecule has 0 saturated carbocycles. The summed E-state index contributed by atoms with van der Waals surface area (Å²) in [5.74, 6) is 0.968. The molecule has 2 aromatic rings. The number of carbonyl (C=O) groups is 1. The molecule has 3 heteroatoms. The van der Waals surface area contributed by atoms with Gasteiger partial charge in [-0.1, -0.05) is 52.2 Å². The van der Waals surface area contributed by atoms with Gasteiger partial charge in [0, 0.05) is 18.2 Å². The summed E-state index contributed by atoms with van der Waals surface area (Å²) in [4.78, 5) is 16.7. The van der Waals surface area contributed by atoms with Crippen molar-refractivity contribution in [3.05, 3.63) is 48.2 Å². The Morgan fingerprint density at radius 1 is 1.15 bits per heavy atom. The van der Waals surface area contributed by atoms with Crippen molar-refractivity contribution in [2.24, 2.45) is 5.92 Å². The average Bonchev–Trinajstić information content (AvgIpc) is 2.67. The molecule has 0 amide bonds. The van der Waals surface area contributed by atoms with Gasteiger partial charge in [0.15, 0.2) is 0 Å². The van der Waals surface area contributed by atoms with Crippen LogP contribution in [-0.4, -0.2) is 11.0 Å². The molecule has 2 rings (SSSR count). The van der Waals surface area contributed by atoms with E-state index in [2.05, 4.69) is 37.9 Å². The van der Waals surface area contributed by atoms with E-state index in [-0.39, 0.29) is 5.97 Å². The SMILES string of the molecule is CCCCCc1ccnc(-c2ccccc2OC(=O)CCC(C)CC)c1. The molecule has 0 fully saturated rings. The molecular formula is C23H31NO2. The van der Waals surface area contributed by atoms with E-state index in [1.165, 1.54) is 24.8 Å². The quantitative estimate of drug-likeness (QED) is 0.289. The van der Waals surface area contributed by atoms with Crippen LogP contribution in [0, 0.1) is 5.92 Å². The Balaban J connectivity index is 2.11. The molecule has 0 spiro atoms. The van der Waals surface area contributed by atoms with Crippen molar-refractivity contribution in [1.29, 1.82) is 0 Å². The van der Waals surface area contributed by atoms with Crippen molar-refractivity contribution in [2.75, 3.05) is 0 Å². The predicted molar refractivity (Wildman–Crippen MR) is 107 cm³/mol.